The van der Waals surface area contributed by atoms with Crippen LogP contribution in [0.1, 0.15) is 24.8 Å². The van der Waals surface area contributed by atoms with Crippen molar-refractivity contribution in [1.82, 2.24) is 0 Å². The highest BCUT2D eigenvalue weighted by atomic mass is 19.4. The minimum atomic E-state index is -4.38. The maximum atomic E-state index is 12.7. The van der Waals surface area contributed by atoms with Crippen molar-refractivity contribution in [3.8, 4) is 0 Å². The van der Waals surface area contributed by atoms with Crippen molar-refractivity contribution in [3.63, 3.8) is 0 Å². The summed E-state index contributed by atoms with van der Waals surface area (Å²) in [6, 6.07) is 4.86. The van der Waals surface area contributed by atoms with Crippen molar-refractivity contribution in [2.75, 3.05) is 5.32 Å². The number of rotatable bonds is 2. The lowest BCUT2D eigenvalue weighted by Gasteiger charge is -2.11. The van der Waals surface area contributed by atoms with Gasteiger partial charge in [0.25, 0.3) is 0 Å². The Morgan fingerprint density at radius 2 is 1.81 bits per heavy atom. The number of halogens is 3. The molecule has 5 heteroatoms. The molecule has 2 bridgehead atoms. The van der Waals surface area contributed by atoms with Gasteiger partial charge in [0.05, 0.1) is 5.56 Å². The molecule has 0 spiro atoms. The molecular formula is C16H16F3NO. The summed E-state index contributed by atoms with van der Waals surface area (Å²) in [4.78, 5) is 12.3. The topological polar surface area (TPSA) is 29.1 Å². The van der Waals surface area contributed by atoms with Gasteiger partial charge in [-0.05, 0) is 61.1 Å². The predicted octanol–water partition coefficient (Wildman–Crippen LogP) is 3.94. The highest BCUT2D eigenvalue weighted by Gasteiger charge is 2.67. The minimum Gasteiger partial charge on any atom is -0.326 e. The zero-order valence-electron chi connectivity index (χ0n) is 11.4. The second-order valence-electron chi connectivity index (χ2n) is 6.58. The number of nitrogens with one attached hydrogen (secondary N) is 1. The van der Waals surface area contributed by atoms with Crippen LogP contribution < -0.4 is 5.32 Å². The number of benzene rings is 1. The largest absolute Gasteiger partial charge is 0.416 e. The standard InChI is InChI=1S/C16H16F3NO/c17-16(18,19)10-2-1-3-11(7-10)20-15(21)14-12-8-4-5-9(6-8)13(12)14/h1-3,7-9,12-14H,4-6H2,(H,20,21)/t8-,9+,12+,13-,14?. The summed E-state index contributed by atoms with van der Waals surface area (Å²) >= 11 is 0. The van der Waals surface area contributed by atoms with Crippen molar-refractivity contribution < 1.29 is 18.0 Å². The van der Waals surface area contributed by atoms with Gasteiger partial charge in [-0.25, -0.2) is 0 Å². The van der Waals surface area contributed by atoms with Crippen LogP contribution in [-0.2, 0) is 11.0 Å². The van der Waals surface area contributed by atoms with E-state index in [0.717, 1.165) is 12.1 Å². The van der Waals surface area contributed by atoms with Crippen molar-refractivity contribution in [3.05, 3.63) is 29.8 Å². The lowest BCUT2D eigenvalue weighted by atomic mass is 10.0. The van der Waals surface area contributed by atoms with Crippen molar-refractivity contribution in [2.24, 2.45) is 29.6 Å². The minimum absolute atomic E-state index is 0.0331. The molecule has 1 aromatic carbocycles. The molecule has 1 N–H and O–H groups in total. The molecule has 0 heterocycles. The molecule has 0 saturated heterocycles. The first-order valence-corrected chi connectivity index (χ1v) is 7.43. The van der Waals surface area contributed by atoms with Gasteiger partial charge in [-0.1, -0.05) is 6.07 Å². The van der Waals surface area contributed by atoms with Gasteiger partial charge < -0.3 is 5.32 Å². The number of alkyl halides is 3. The van der Waals surface area contributed by atoms with Crippen LogP contribution in [0.3, 0.4) is 0 Å². The van der Waals surface area contributed by atoms with Crippen molar-refractivity contribution in [1.29, 1.82) is 0 Å². The summed E-state index contributed by atoms with van der Waals surface area (Å²) in [5.41, 5.74) is -0.483. The third-order valence-electron chi connectivity index (χ3n) is 5.50. The van der Waals surface area contributed by atoms with Gasteiger partial charge in [-0.15, -0.1) is 0 Å². The van der Waals surface area contributed by atoms with Crippen LogP contribution in [0.4, 0.5) is 18.9 Å². The van der Waals surface area contributed by atoms with Gasteiger partial charge in [-0.3, -0.25) is 4.79 Å². The van der Waals surface area contributed by atoms with Crippen molar-refractivity contribution >= 4 is 11.6 Å². The number of fused-ring (bicyclic) bond motifs is 5. The monoisotopic (exact) mass is 295 g/mol. The van der Waals surface area contributed by atoms with E-state index in [1.165, 1.54) is 31.4 Å². The van der Waals surface area contributed by atoms with Crippen LogP contribution in [0.2, 0.25) is 0 Å². The third kappa shape index (κ3) is 2.05. The molecule has 3 saturated carbocycles. The number of amides is 1. The molecule has 1 unspecified atom stereocenters. The van der Waals surface area contributed by atoms with E-state index in [-0.39, 0.29) is 17.5 Å². The molecule has 1 amide bonds. The van der Waals surface area contributed by atoms with E-state index in [2.05, 4.69) is 5.32 Å². The Morgan fingerprint density at radius 3 is 2.43 bits per heavy atom. The average molecular weight is 295 g/mol. The molecule has 3 aliphatic carbocycles. The lowest BCUT2D eigenvalue weighted by Crippen LogP contribution is -2.19. The molecule has 3 aliphatic rings. The summed E-state index contributed by atoms with van der Waals surface area (Å²) in [6.45, 7) is 0. The molecule has 0 radical (unpaired) electrons. The Morgan fingerprint density at radius 1 is 1.14 bits per heavy atom. The number of carbonyl (C=O) groups is 1. The van der Waals surface area contributed by atoms with Gasteiger partial charge in [0, 0.05) is 11.6 Å². The van der Waals surface area contributed by atoms with Gasteiger partial charge in [0.15, 0.2) is 0 Å². The Balaban J connectivity index is 1.46. The number of anilines is 1. The first kappa shape index (κ1) is 13.2. The maximum Gasteiger partial charge on any atom is 0.416 e. The Hall–Kier alpha value is -1.52. The molecule has 1 aromatic rings. The van der Waals surface area contributed by atoms with Crippen LogP contribution in [0.25, 0.3) is 0 Å². The summed E-state index contributed by atoms with van der Waals surface area (Å²) in [5.74, 6) is 2.28. The molecule has 0 aromatic heterocycles. The Bertz CT molecular complexity index is 581. The van der Waals surface area contributed by atoms with Gasteiger partial charge in [0.2, 0.25) is 5.91 Å². The molecule has 2 nitrogen and oxygen atoms in total. The highest BCUT2D eigenvalue weighted by Crippen LogP contribution is 2.69. The summed E-state index contributed by atoms with van der Waals surface area (Å²) in [7, 11) is 0. The van der Waals surface area contributed by atoms with Crippen LogP contribution in [0.5, 0.6) is 0 Å². The van der Waals surface area contributed by atoms with E-state index < -0.39 is 11.7 Å². The maximum absolute atomic E-state index is 12.7. The smallest absolute Gasteiger partial charge is 0.326 e. The van der Waals surface area contributed by atoms with E-state index in [1.54, 1.807) is 0 Å². The van der Waals surface area contributed by atoms with Gasteiger partial charge in [-0.2, -0.15) is 13.2 Å². The van der Waals surface area contributed by atoms with Crippen LogP contribution in [0.15, 0.2) is 24.3 Å². The third-order valence-corrected chi connectivity index (χ3v) is 5.50. The quantitative estimate of drug-likeness (QED) is 0.880. The normalized spacial score (nSPS) is 36.4. The summed E-state index contributed by atoms with van der Waals surface area (Å²) in [5, 5.41) is 2.67. The molecular weight excluding hydrogens is 279 g/mol. The molecule has 0 aliphatic heterocycles. The Kier molecular flexibility index (Phi) is 2.66. The first-order chi connectivity index (χ1) is 9.95. The zero-order chi connectivity index (χ0) is 14.8. The molecule has 21 heavy (non-hydrogen) atoms. The zero-order valence-corrected chi connectivity index (χ0v) is 11.4. The molecule has 4 rings (SSSR count). The van der Waals surface area contributed by atoms with Gasteiger partial charge in [0.1, 0.15) is 0 Å². The Labute approximate surface area is 120 Å². The second-order valence-corrected chi connectivity index (χ2v) is 6.58. The molecule has 3 fully saturated rings. The first-order valence-electron chi connectivity index (χ1n) is 7.43. The lowest BCUT2D eigenvalue weighted by molar-refractivity contribution is -0.137. The van der Waals surface area contributed by atoms with Crippen LogP contribution >= 0.6 is 0 Å². The highest BCUT2D eigenvalue weighted by molar-refractivity contribution is 5.95. The van der Waals surface area contributed by atoms with Crippen LogP contribution in [-0.4, -0.2) is 5.91 Å². The van der Waals surface area contributed by atoms with E-state index in [4.69, 9.17) is 0 Å². The summed E-state index contributed by atoms with van der Waals surface area (Å²) in [6.07, 6.45) is -0.684. The summed E-state index contributed by atoms with van der Waals surface area (Å²) < 4.78 is 38.0. The fraction of sp³-hybridized carbons (Fsp3) is 0.562. The van der Waals surface area contributed by atoms with E-state index in [9.17, 15) is 18.0 Å². The van der Waals surface area contributed by atoms with E-state index in [1.807, 2.05) is 0 Å². The fourth-order valence-electron chi connectivity index (χ4n) is 4.67. The number of hydrogen-bond acceptors (Lipinski definition) is 1. The number of carbonyl (C=O) groups excluding carboxylic acids is 1. The van der Waals surface area contributed by atoms with E-state index >= 15 is 0 Å². The SMILES string of the molecule is O=C(Nc1cccc(C(F)(F)F)c1)C1[C@@H]2[C@H]3CC[C@H](C3)[C@H]12. The fourth-order valence-corrected chi connectivity index (χ4v) is 4.67. The average Bonchev–Trinajstić information content (AvgIpc) is 2.87. The molecule has 5 atom stereocenters. The van der Waals surface area contributed by atoms with Crippen molar-refractivity contribution in [2.45, 2.75) is 25.4 Å². The van der Waals surface area contributed by atoms with Crippen LogP contribution in [0, 0.1) is 29.6 Å². The predicted molar refractivity (Wildman–Crippen MR) is 71.4 cm³/mol. The number of hydrogen-bond donors (Lipinski definition) is 1. The molecule has 112 valence electrons. The van der Waals surface area contributed by atoms with E-state index in [0.29, 0.717) is 23.7 Å². The van der Waals surface area contributed by atoms with Gasteiger partial charge >= 0.3 is 6.18 Å². The second kappa shape index (κ2) is 4.24.